The summed E-state index contributed by atoms with van der Waals surface area (Å²) in [4.78, 5) is 1.82. The third-order valence-electron chi connectivity index (χ3n) is 2.61. The summed E-state index contributed by atoms with van der Waals surface area (Å²) in [7, 11) is 3.23. The number of rotatable bonds is 7. The molecule has 0 saturated heterocycles. The first-order chi connectivity index (χ1) is 9.97. The van der Waals surface area contributed by atoms with Crippen LogP contribution < -0.4 is 14.8 Å². The molecule has 1 aromatic rings. The summed E-state index contributed by atoms with van der Waals surface area (Å²) in [6, 6.07) is 4.78. The molecule has 0 atom stereocenters. The van der Waals surface area contributed by atoms with Crippen molar-refractivity contribution in [1.82, 2.24) is 10.2 Å². The van der Waals surface area contributed by atoms with Crippen LogP contribution in [0.1, 0.15) is 5.56 Å². The number of benzene rings is 1. The Morgan fingerprint density at radius 1 is 1.48 bits per heavy atom. The lowest BCUT2D eigenvalue weighted by molar-refractivity contribution is -0.0512. The van der Waals surface area contributed by atoms with Gasteiger partial charge in [0, 0.05) is 20.1 Å². The minimum Gasteiger partial charge on any atom is -0.493 e. The van der Waals surface area contributed by atoms with Crippen LogP contribution in [0.25, 0.3) is 0 Å². The van der Waals surface area contributed by atoms with E-state index in [-0.39, 0.29) is 11.5 Å². The van der Waals surface area contributed by atoms with E-state index in [9.17, 15) is 8.78 Å². The molecule has 0 amide bonds. The number of nitrogens with one attached hydrogen (secondary N) is 1. The third kappa shape index (κ3) is 5.55. The Kier molecular flexibility index (Phi) is 6.87. The molecule has 0 bridgehead atoms. The molecular formula is C14H18F2N2O2S. The zero-order chi connectivity index (χ0) is 15.8. The monoisotopic (exact) mass is 316 g/mol. The molecule has 0 spiro atoms. The molecule has 0 heterocycles. The lowest BCUT2D eigenvalue weighted by Gasteiger charge is -2.21. The largest absolute Gasteiger partial charge is 0.493 e. The second kappa shape index (κ2) is 8.41. The second-order valence-corrected chi connectivity index (χ2v) is 4.58. The minimum atomic E-state index is -2.89. The van der Waals surface area contributed by atoms with Gasteiger partial charge in [0.1, 0.15) is 0 Å². The van der Waals surface area contributed by atoms with E-state index in [0.29, 0.717) is 18.2 Å². The maximum atomic E-state index is 12.3. The van der Waals surface area contributed by atoms with Crippen molar-refractivity contribution in [2.24, 2.45) is 0 Å². The highest BCUT2D eigenvalue weighted by atomic mass is 32.1. The van der Waals surface area contributed by atoms with Gasteiger partial charge in [0.05, 0.1) is 7.11 Å². The van der Waals surface area contributed by atoms with Crippen LogP contribution in [-0.2, 0) is 6.54 Å². The van der Waals surface area contributed by atoms with Crippen LogP contribution in [0, 0.1) is 0 Å². The van der Waals surface area contributed by atoms with Gasteiger partial charge in [-0.2, -0.15) is 8.78 Å². The number of methoxy groups -OCH3 is 1. The van der Waals surface area contributed by atoms with Crippen LogP contribution >= 0.6 is 12.2 Å². The van der Waals surface area contributed by atoms with Gasteiger partial charge in [0.25, 0.3) is 0 Å². The van der Waals surface area contributed by atoms with Gasteiger partial charge in [-0.05, 0) is 29.9 Å². The average molecular weight is 316 g/mol. The number of hydrogen-bond donors (Lipinski definition) is 1. The van der Waals surface area contributed by atoms with Gasteiger partial charge in [0.15, 0.2) is 16.6 Å². The zero-order valence-corrected chi connectivity index (χ0v) is 12.8. The molecule has 0 fully saturated rings. The van der Waals surface area contributed by atoms with Crippen molar-refractivity contribution in [3.63, 3.8) is 0 Å². The van der Waals surface area contributed by atoms with E-state index in [1.807, 2.05) is 11.9 Å². The van der Waals surface area contributed by atoms with Crippen LogP contribution in [0.2, 0.25) is 0 Å². The second-order valence-electron chi connectivity index (χ2n) is 4.19. The van der Waals surface area contributed by atoms with E-state index in [0.717, 1.165) is 5.56 Å². The number of alkyl halides is 2. The average Bonchev–Trinajstić information content (AvgIpc) is 2.45. The number of nitrogens with zero attached hydrogens (tertiary/aromatic N) is 1. The van der Waals surface area contributed by atoms with Crippen molar-refractivity contribution in [1.29, 1.82) is 0 Å². The summed E-state index contributed by atoms with van der Waals surface area (Å²) >= 11 is 5.20. The highest BCUT2D eigenvalue weighted by molar-refractivity contribution is 7.80. The Balaban J connectivity index is 2.75. The summed E-state index contributed by atoms with van der Waals surface area (Å²) in [6.45, 7) is 1.80. The molecule has 1 N–H and O–H groups in total. The number of thiocarbonyl (C=S) groups is 1. The molecule has 0 aliphatic carbocycles. The minimum absolute atomic E-state index is 0.00580. The Hall–Kier alpha value is -1.89. The summed E-state index contributed by atoms with van der Waals surface area (Å²) in [5, 5.41) is 3.57. The predicted molar refractivity (Wildman–Crippen MR) is 81.9 cm³/mol. The van der Waals surface area contributed by atoms with Gasteiger partial charge in [-0.1, -0.05) is 12.1 Å². The van der Waals surface area contributed by atoms with Crippen molar-refractivity contribution in [3.8, 4) is 11.5 Å². The van der Waals surface area contributed by atoms with Gasteiger partial charge in [-0.3, -0.25) is 0 Å². The Morgan fingerprint density at radius 3 is 2.76 bits per heavy atom. The molecule has 21 heavy (non-hydrogen) atoms. The fourth-order valence-electron chi connectivity index (χ4n) is 1.64. The molecule has 1 rings (SSSR count). The molecule has 0 aromatic heterocycles. The number of halogens is 2. The summed E-state index contributed by atoms with van der Waals surface area (Å²) in [5.74, 6) is 0.262. The fourth-order valence-corrected chi connectivity index (χ4v) is 1.79. The van der Waals surface area contributed by atoms with Crippen molar-refractivity contribution in [3.05, 3.63) is 36.4 Å². The van der Waals surface area contributed by atoms with Gasteiger partial charge >= 0.3 is 6.61 Å². The molecule has 0 aliphatic rings. The smallest absolute Gasteiger partial charge is 0.387 e. The SMILES string of the molecule is C=CCNC(=S)N(C)Cc1ccc(OC(F)F)c(OC)c1. The van der Waals surface area contributed by atoms with Crippen molar-refractivity contribution in [2.45, 2.75) is 13.2 Å². The van der Waals surface area contributed by atoms with E-state index in [1.165, 1.54) is 13.2 Å². The highest BCUT2D eigenvalue weighted by Crippen LogP contribution is 2.29. The molecule has 7 heteroatoms. The van der Waals surface area contributed by atoms with E-state index >= 15 is 0 Å². The summed E-state index contributed by atoms with van der Waals surface area (Å²) in [5.41, 5.74) is 0.860. The van der Waals surface area contributed by atoms with Crippen LogP contribution in [0.5, 0.6) is 11.5 Å². The fraction of sp³-hybridized carbons (Fsp3) is 0.357. The van der Waals surface area contributed by atoms with E-state index < -0.39 is 6.61 Å². The molecule has 0 radical (unpaired) electrons. The van der Waals surface area contributed by atoms with Crippen molar-refractivity contribution < 1.29 is 18.3 Å². The van der Waals surface area contributed by atoms with E-state index in [4.69, 9.17) is 17.0 Å². The maximum absolute atomic E-state index is 12.3. The summed E-state index contributed by atoms with van der Waals surface area (Å²) in [6.07, 6.45) is 1.71. The summed E-state index contributed by atoms with van der Waals surface area (Å²) < 4.78 is 33.9. The van der Waals surface area contributed by atoms with Crippen molar-refractivity contribution in [2.75, 3.05) is 20.7 Å². The molecule has 1 aromatic carbocycles. The number of ether oxygens (including phenoxy) is 2. The molecule has 4 nitrogen and oxygen atoms in total. The molecule has 0 saturated carbocycles. The normalized spacial score (nSPS) is 10.1. The third-order valence-corrected chi connectivity index (χ3v) is 3.06. The molecule has 0 aliphatic heterocycles. The van der Waals surface area contributed by atoms with E-state index in [2.05, 4.69) is 16.6 Å². The molecule has 116 valence electrons. The highest BCUT2D eigenvalue weighted by Gasteiger charge is 2.12. The van der Waals surface area contributed by atoms with Crippen LogP contribution in [0.3, 0.4) is 0 Å². The van der Waals surface area contributed by atoms with E-state index in [1.54, 1.807) is 18.2 Å². The first-order valence-corrected chi connectivity index (χ1v) is 6.60. The van der Waals surface area contributed by atoms with Crippen molar-refractivity contribution >= 4 is 17.3 Å². The molecular weight excluding hydrogens is 298 g/mol. The zero-order valence-electron chi connectivity index (χ0n) is 11.9. The lowest BCUT2D eigenvalue weighted by atomic mass is 10.2. The van der Waals surface area contributed by atoms with Gasteiger partial charge < -0.3 is 19.7 Å². The quantitative estimate of drug-likeness (QED) is 0.618. The molecule has 0 unspecified atom stereocenters. The van der Waals surface area contributed by atoms with Crippen LogP contribution in [-0.4, -0.2) is 37.3 Å². The van der Waals surface area contributed by atoms with Gasteiger partial charge in [-0.15, -0.1) is 6.58 Å². The Morgan fingerprint density at radius 2 is 2.19 bits per heavy atom. The lowest BCUT2D eigenvalue weighted by Crippen LogP contribution is -2.36. The van der Waals surface area contributed by atoms with Crippen LogP contribution in [0.15, 0.2) is 30.9 Å². The maximum Gasteiger partial charge on any atom is 0.387 e. The van der Waals surface area contributed by atoms with Gasteiger partial charge in [-0.25, -0.2) is 0 Å². The first kappa shape index (κ1) is 17.2. The first-order valence-electron chi connectivity index (χ1n) is 6.19. The predicted octanol–water partition coefficient (Wildman–Crippen LogP) is 2.79. The van der Waals surface area contributed by atoms with Gasteiger partial charge in [0.2, 0.25) is 0 Å². The standard InChI is InChI=1S/C14H18F2N2O2S/c1-4-7-17-14(21)18(2)9-10-5-6-11(20-13(15)16)12(8-10)19-3/h4-6,8,13H,1,7,9H2,2-3H3,(H,17,21). The Bertz CT molecular complexity index is 498. The van der Waals surface area contributed by atoms with Crippen LogP contribution in [0.4, 0.5) is 8.78 Å². The topological polar surface area (TPSA) is 33.7 Å². The number of hydrogen-bond acceptors (Lipinski definition) is 3. The Labute approximate surface area is 128 Å².